The summed E-state index contributed by atoms with van der Waals surface area (Å²) in [6.07, 6.45) is 9.46. The number of carbonyl (C=O) groups excluding carboxylic acids is 1. The van der Waals surface area contributed by atoms with E-state index in [1.165, 1.54) is 17.7 Å². The number of guanidine groups is 1. The normalized spacial score (nSPS) is 20.3. The molecule has 1 saturated heterocycles. The molecule has 1 aliphatic heterocycles. The minimum Gasteiger partial charge on any atom is -0.357 e. The minimum atomic E-state index is 0. The van der Waals surface area contributed by atoms with Crippen molar-refractivity contribution in [3.8, 4) is 0 Å². The molecule has 1 aromatic rings. The summed E-state index contributed by atoms with van der Waals surface area (Å²) in [4.78, 5) is 25.2. The van der Waals surface area contributed by atoms with Gasteiger partial charge in [-0.2, -0.15) is 0 Å². The number of amides is 1. The molecule has 0 aromatic carbocycles. The van der Waals surface area contributed by atoms with Gasteiger partial charge in [-0.25, -0.2) is 4.98 Å². The summed E-state index contributed by atoms with van der Waals surface area (Å²) in [6.45, 7) is 7.46. The van der Waals surface area contributed by atoms with Crippen LogP contribution in [-0.4, -0.2) is 54.0 Å². The van der Waals surface area contributed by atoms with Crippen molar-refractivity contribution in [2.24, 2.45) is 10.9 Å². The summed E-state index contributed by atoms with van der Waals surface area (Å²) in [7, 11) is 0. The molecule has 2 fully saturated rings. The van der Waals surface area contributed by atoms with Gasteiger partial charge in [0.15, 0.2) is 5.96 Å². The monoisotopic (exact) mass is 519 g/mol. The third kappa shape index (κ3) is 6.57. The molecule has 28 heavy (non-hydrogen) atoms. The first-order valence-electron chi connectivity index (χ1n) is 10.5. The van der Waals surface area contributed by atoms with Crippen molar-refractivity contribution in [3.63, 3.8) is 0 Å². The highest BCUT2D eigenvalue weighted by molar-refractivity contribution is 14.0. The molecule has 2 heterocycles. The lowest BCUT2D eigenvalue weighted by atomic mass is 10.1. The molecule has 0 bridgehead atoms. The van der Waals surface area contributed by atoms with E-state index in [4.69, 9.17) is 4.99 Å². The van der Waals surface area contributed by atoms with Crippen LogP contribution in [0.15, 0.2) is 11.2 Å². The van der Waals surface area contributed by atoms with Gasteiger partial charge in [0.2, 0.25) is 5.91 Å². The van der Waals surface area contributed by atoms with E-state index < -0.39 is 0 Å². The van der Waals surface area contributed by atoms with Crippen LogP contribution in [0.3, 0.4) is 0 Å². The lowest BCUT2D eigenvalue weighted by molar-refractivity contribution is -0.134. The van der Waals surface area contributed by atoms with Gasteiger partial charge < -0.3 is 15.5 Å². The molecule has 2 N–H and O–H groups in total. The Morgan fingerprint density at radius 3 is 2.79 bits per heavy atom. The first kappa shape index (κ1) is 23.4. The van der Waals surface area contributed by atoms with Crippen LogP contribution in [0.25, 0.3) is 0 Å². The number of rotatable bonds is 7. The zero-order valence-electron chi connectivity index (χ0n) is 17.1. The number of hydrogen-bond donors (Lipinski definition) is 2. The second-order valence-electron chi connectivity index (χ2n) is 7.48. The van der Waals surface area contributed by atoms with E-state index in [0.29, 0.717) is 11.9 Å². The fourth-order valence-electron chi connectivity index (χ4n) is 3.91. The number of nitrogens with one attached hydrogen (secondary N) is 2. The van der Waals surface area contributed by atoms with Crippen LogP contribution >= 0.6 is 35.3 Å². The number of carbonyl (C=O) groups is 1. The average Bonchev–Trinajstić information content (AvgIpc) is 3.43. The predicted octanol–water partition coefficient (Wildman–Crippen LogP) is 3.21. The molecule has 1 unspecified atom stereocenters. The zero-order chi connectivity index (χ0) is 19.1. The van der Waals surface area contributed by atoms with Crippen molar-refractivity contribution in [2.75, 3.05) is 26.2 Å². The van der Waals surface area contributed by atoms with Crippen molar-refractivity contribution in [1.82, 2.24) is 20.5 Å². The zero-order valence-corrected chi connectivity index (χ0v) is 20.2. The summed E-state index contributed by atoms with van der Waals surface area (Å²) in [5.41, 5.74) is 0. The molecule has 158 valence electrons. The van der Waals surface area contributed by atoms with E-state index in [9.17, 15) is 4.79 Å². The number of aryl methyl sites for hydroxylation is 1. The summed E-state index contributed by atoms with van der Waals surface area (Å²) < 4.78 is 0. The van der Waals surface area contributed by atoms with Crippen LogP contribution in [0.2, 0.25) is 0 Å². The predicted molar refractivity (Wildman–Crippen MR) is 127 cm³/mol. The van der Waals surface area contributed by atoms with Crippen molar-refractivity contribution < 1.29 is 4.79 Å². The van der Waals surface area contributed by atoms with E-state index in [2.05, 4.69) is 34.4 Å². The smallest absolute Gasteiger partial charge is 0.225 e. The van der Waals surface area contributed by atoms with E-state index in [0.717, 1.165) is 69.3 Å². The molecule has 2 aliphatic rings. The Bertz CT molecular complexity index is 644. The Morgan fingerprint density at radius 2 is 2.11 bits per heavy atom. The lowest BCUT2D eigenvalue weighted by Gasteiger charge is -2.21. The maximum absolute atomic E-state index is 12.6. The van der Waals surface area contributed by atoms with E-state index >= 15 is 0 Å². The Morgan fingerprint density at radius 1 is 1.32 bits per heavy atom. The third-order valence-electron chi connectivity index (χ3n) is 5.43. The SMILES string of the molecule is CCNC(=NCCc1ncc(CC)s1)NC1CCN(C(=O)C2CCCC2)C1.I. The van der Waals surface area contributed by atoms with Crippen molar-refractivity contribution in [3.05, 3.63) is 16.1 Å². The number of likely N-dealkylation sites (tertiary alicyclic amines) is 1. The van der Waals surface area contributed by atoms with Gasteiger partial charge in [0.05, 0.1) is 5.01 Å². The summed E-state index contributed by atoms with van der Waals surface area (Å²) in [6, 6.07) is 0.291. The standard InChI is InChI=1S/C20H33N5OS.HI/c1-3-17-13-23-18(27-17)9-11-22-20(21-4-2)24-16-10-12-25(14-16)19(26)15-7-5-6-8-15;/h13,15-16H,3-12,14H2,1-2H3,(H2,21,22,24);1H. The average molecular weight is 519 g/mol. The molecule has 8 heteroatoms. The van der Waals surface area contributed by atoms with Gasteiger partial charge in [-0.05, 0) is 32.6 Å². The van der Waals surface area contributed by atoms with Crippen LogP contribution in [0.5, 0.6) is 0 Å². The largest absolute Gasteiger partial charge is 0.357 e. The van der Waals surface area contributed by atoms with E-state index in [-0.39, 0.29) is 29.9 Å². The van der Waals surface area contributed by atoms with Gasteiger partial charge in [-0.3, -0.25) is 9.79 Å². The summed E-state index contributed by atoms with van der Waals surface area (Å²) >= 11 is 1.78. The molecule has 6 nitrogen and oxygen atoms in total. The van der Waals surface area contributed by atoms with Crippen molar-refractivity contribution in [1.29, 1.82) is 0 Å². The van der Waals surface area contributed by atoms with Crippen LogP contribution in [-0.2, 0) is 17.6 Å². The second kappa shape index (κ2) is 11.9. The first-order chi connectivity index (χ1) is 13.2. The Kier molecular flexibility index (Phi) is 9.98. The molecule has 1 aromatic heterocycles. The van der Waals surface area contributed by atoms with Crippen LogP contribution in [0.1, 0.15) is 55.8 Å². The fraction of sp³-hybridized carbons (Fsp3) is 0.750. The number of thiazole rings is 1. The van der Waals surface area contributed by atoms with Crippen LogP contribution < -0.4 is 10.6 Å². The topological polar surface area (TPSA) is 69.6 Å². The second-order valence-corrected chi connectivity index (χ2v) is 8.68. The molecular formula is C20H34IN5OS. The van der Waals surface area contributed by atoms with Gasteiger partial charge in [0.25, 0.3) is 0 Å². The number of aliphatic imine (C=N–C) groups is 1. The molecular weight excluding hydrogens is 485 g/mol. The molecule has 1 atom stereocenters. The maximum Gasteiger partial charge on any atom is 0.225 e. The van der Waals surface area contributed by atoms with Gasteiger partial charge in [-0.1, -0.05) is 19.8 Å². The number of aromatic nitrogens is 1. The van der Waals surface area contributed by atoms with Gasteiger partial charge in [0.1, 0.15) is 0 Å². The Balaban J connectivity index is 0.00000280. The number of halogens is 1. The Labute approximate surface area is 190 Å². The summed E-state index contributed by atoms with van der Waals surface area (Å²) in [5.74, 6) is 1.50. The van der Waals surface area contributed by atoms with Crippen molar-refractivity contribution in [2.45, 2.75) is 64.8 Å². The van der Waals surface area contributed by atoms with E-state index in [1.54, 1.807) is 11.3 Å². The Hall–Kier alpha value is -0.900. The maximum atomic E-state index is 12.6. The number of nitrogens with zero attached hydrogens (tertiary/aromatic N) is 3. The van der Waals surface area contributed by atoms with Crippen LogP contribution in [0.4, 0.5) is 0 Å². The lowest BCUT2D eigenvalue weighted by Crippen LogP contribution is -2.45. The van der Waals surface area contributed by atoms with Crippen molar-refractivity contribution >= 4 is 47.2 Å². The van der Waals surface area contributed by atoms with Gasteiger partial charge in [-0.15, -0.1) is 35.3 Å². The highest BCUT2D eigenvalue weighted by Gasteiger charge is 2.32. The summed E-state index contributed by atoms with van der Waals surface area (Å²) in [5, 5.41) is 8.01. The molecule has 0 radical (unpaired) electrons. The third-order valence-corrected chi connectivity index (χ3v) is 6.64. The molecule has 1 aliphatic carbocycles. The van der Waals surface area contributed by atoms with E-state index in [1.807, 2.05) is 6.20 Å². The van der Waals surface area contributed by atoms with Crippen LogP contribution in [0, 0.1) is 5.92 Å². The number of hydrogen-bond acceptors (Lipinski definition) is 4. The quantitative estimate of drug-likeness (QED) is 0.330. The molecule has 1 saturated carbocycles. The highest BCUT2D eigenvalue weighted by atomic mass is 127. The molecule has 1 amide bonds. The highest BCUT2D eigenvalue weighted by Crippen LogP contribution is 2.27. The molecule has 0 spiro atoms. The minimum absolute atomic E-state index is 0. The molecule has 3 rings (SSSR count). The first-order valence-corrected chi connectivity index (χ1v) is 11.3. The van der Waals surface area contributed by atoms with Gasteiger partial charge >= 0.3 is 0 Å². The van der Waals surface area contributed by atoms with Gasteiger partial charge in [0, 0.05) is 55.6 Å². The fourth-order valence-corrected chi connectivity index (χ4v) is 4.76.